The second-order valence-electron chi connectivity index (χ2n) is 7.45. The lowest BCUT2D eigenvalue weighted by Crippen LogP contribution is -2.33. The standard InChI is InChI=1S/C23H24N4O3/c1-26-22(28)12-11-20(25-26)23(29)27-13-3-4-21(27)19-10-7-17(15-24-19)14-16-5-8-18(30-2)9-6-16/h5-12,15,21H,3-4,13-14H2,1-2H3. The number of likely N-dealkylation sites (tertiary alicyclic amines) is 1. The van der Waals surface area contributed by atoms with Gasteiger partial charge in [-0.25, -0.2) is 4.68 Å². The van der Waals surface area contributed by atoms with Gasteiger partial charge in [-0.3, -0.25) is 14.6 Å². The molecule has 7 heteroatoms. The van der Waals surface area contributed by atoms with E-state index in [2.05, 4.69) is 16.1 Å². The van der Waals surface area contributed by atoms with Gasteiger partial charge >= 0.3 is 0 Å². The number of pyridine rings is 1. The molecule has 0 radical (unpaired) electrons. The van der Waals surface area contributed by atoms with Crippen LogP contribution >= 0.6 is 0 Å². The molecule has 1 fully saturated rings. The lowest BCUT2D eigenvalue weighted by molar-refractivity contribution is 0.0724. The van der Waals surface area contributed by atoms with Crippen molar-refractivity contribution in [2.24, 2.45) is 7.05 Å². The zero-order valence-corrected chi connectivity index (χ0v) is 17.1. The summed E-state index contributed by atoms with van der Waals surface area (Å²) in [6.07, 6.45) is 4.44. The van der Waals surface area contributed by atoms with Gasteiger partial charge in [-0.15, -0.1) is 0 Å². The van der Waals surface area contributed by atoms with Gasteiger partial charge in [0.1, 0.15) is 11.4 Å². The Morgan fingerprint density at radius 2 is 1.87 bits per heavy atom. The summed E-state index contributed by atoms with van der Waals surface area (Å²) in [5.41, 5.74) is 3.21. The predicted molar refractivity (Wildman–Crippen MR) is 113 cm³/mol. The van der Waals surface area contributed by atoms with Crippen molar-refractivity contribution in [1.82, 2.24) is 19.7 Å². The van der Waals surface area contributed by atoms with Crippen molar-refractivity contribution in [3.05, 3.63) is 87.6 Å². The van der Waals surface area contributed by atoms with Crippen molar-refractivity contribution >= 4 is 5.91 Å². The van der Waals surface area contributed by atoms with E-state index in [1.165, 1.54) is 22.4 Å². The molecular formula is C23H24N4O3. The van der Waals surface area contributed by atoms with Gasteiger partial charge in [0.05, 0.1) is 18.8 Å². The molecule has 1 amide bonds. The zero-order valence-electron chi connectivity index (χ0n) is 17.1. The number of amides is 1. The highest BCUT2D eigenvalue weighted by Gasteiger charge is 2.32. The van der Waals surface area contributed by atoms with Gasteiger partial charge < -0.3 is 9.64 Å². The molecule has 1 aliphatic rings. The lowest BCUT2D eigenvalue weighted by atomic mass is 10.0. The number of methoxy groups -OCH3 is 1. The highest BCUT2D eigenvalue weighted by Crippen LogP contribution is 2.32. The van der Waals surface area contributed by atoms with Gasteiger partial charge in [0.25, 0.3) is 11.5 Å². The number of carbonyl (C=O) groups excluding carboxylic acids is 1. The molecule has 0 saturated carbocycles. The van der Waals surface area contributed by atoms with Crippen molar-refractivity contribution in [1.29, 1.82) is 0 Å². The second-order valence-corrected chi connectivity index (χ2v) is 7.45. The molecule has 1 aliphatic heterocycles. The summed E-state index contributed by atoms with van der Waals surface area (Å²) < 4.78 is 6.38. The molecule has 30 heavy (non-hydrogen) atoms. The van der Waals surface area contributed by atoms with Crippen LogP contribution in [0.2, 0.25) is 0 Å². The fourth-order valence-corrected chi connectivity index (χ4v) is 3.80. The maximum atomic E-state index is 13.0. The Bertz CT molecular complexity index is 1090. The Morgan fingerprint density at radius 3 is 2.53 bits per heavy atom. The second kappa shape index (κ2) is 8.49. The molecule has 2 aromatic heterocycles. The molecule has 0 spiro atoms. The third kappa shape index (κ3) is 4.10. The van der Waals surface area contributed by atoms with E-state index in [0.717, 1.165) is 36.3 Å². The summed E-state index contributed by atoms with van der Waals surface area (Å²) in [7, 11) is 3.20. The zero-order chi connectivity index (χ0) is 21.1. The largest absolute Gasteiger partial charge is 0.497 e. The fourth-order valence-electron chi connectivity index (χ4n) is 3.80. The molecular weight excluding hydrogens is 380 g/mol. The molecule has 3 heterocycles. The lowest BCUT2D eigenvalue weighted by Gasteiger charge is -2.24. The minimum atomic E-state index is -0.237. The minimum absolute atomic E-state index is 0.0772. The summed E-state index contributed by atoms with van der Waals surface area (Å²) in [4.78, 5) is 31.0. The highest BCUT2D eigenvalue weighted by molar-refractivity contribution is 5.92. The van der Waals surface area contributed by atoms with E-state index in [9.17, 15) is 9.59 Å². The van der Waals surface area contributed by atoms with Crippen LogP contribution in [0.5, 0.6) is 5.75 Å². The van der Waals surface area contributed by atoms with Gasteiger partial charge in [-0.05, 0) is 54.7 Å². The van der Waals surface area contributed by atoms with Crippen LogP contribution in [0, 0.1) is 0 Å². The summed E-state index contributed by atoms with van der Waals surface area (Å²) in [6, 6.07) is 14.9. The van der Waals surface area contributed by atoms with Crippen LogP contribution in [0.3, 0.4) is 0 Å². The third-order valence-corrected chi connectivity index (χ3v) is 5.45. The number of hydrogen-bond donors (Lipinski definition) is 0. The maximum Gasteiger partial charge on any atom is 0.274 e. The molecule has 0 bridgehead atoms. The van der Waals surface area contributed by atoms with Gasteiger partial charge in [-0.1, -0.05) is 18.2 Å². The average Bonchev–Trinajstić information content (AvgIpc) is 3.26. The smallest absolute Gasteiger partial charge is 0.274 e. The van der Waals surface area contributed by atoms with Crippen LogP contribution in [0.1, 0.15) is 46.2 Å². The van der Waals surface area contributed by atoms with E-state index in [1.54, 1.807) is 19.1 Å². The van der Waals surface area contributed by atoms with Crippen molar-refractivity contribution in [2.45, 2.75) is 25.3 Å². The molecule has 1 aromatic carbocycles. The summed E-state index contributed by atoms with van der Waals surface area (Å²) in [6.45, 7) is 0.656. The van der Waals surface area contributed by atoms with Crippen LogP contribution in [0.4, 0.5) is 0 Å². The first-order valence-corrected chi connectivity index (χ1v) is 9.98. The quantitative estimate of drug-likeness (QED) is 0.654. The first-order chi connectivity index (χ1) is 14.5. The number of hydrogen-bond acceptors (Lipinski definition) is 5. The molecule has 1 unspecified atom stereocenters. The number of aryl methyl sites for hydroxylation is 1. The van der Waals surface area contributed by atoms with E-state index < -0.39 is 0 Å². The number of carbonyl (C=O) groups is 1. The molecule has 7 nitrogen and oxygen atoms in total. The summed E-state index contributed by atoms with van der Waals surface area (Å²) in [5, 5.41) is 4.10. The molecule has 0 N–H and O–H groups in total. The Hall–Kier alpha value is -3.48. The minimum Gasteiger partial charge on any atom is -0.497 e. The molecule has 3 aromatic rings. The van der Waals surface area contributed by atoms with Gasteiger partial charge in [0, 0.05) is 25.9 Å². The third-order valence-electron chi connectivity index (χ3n) is 5.45. The van der Waals surface area contributed by atoms with E-state index >= 15 is 0 Å². The van der Waals surface area contributed by atoms with Crippen LogP contribution in [0.15, 0.2) is 59.5 Å². The topological polar surface area (TPSA) is 77.3 Å². The Labute approximate surface area is 174 Å². The molecule has 154 valence electrons. The maximum absolute atomic E-state index is 13.0. The van der Waals surface area contributed by atoms with Crippen molar-refractivity contribution in [3.8, 4) is 5.75 Å². The summed E-state index contributed by atoms with van der Waals surface area (Å²) in [5.74, 6) is 0.670. The number of nitrogens with zero attached hydrogens (tertiary/aromatic N) is 4. The van der Waals surface area contributed by atoms with Gasteiger partial charge in [0.15, 0.2) is 0 Å². The van der Waals surface area contributed by atoms with Crippen molar-refractivity contribution in [2.75, 3.05) is 13.7 Å². The Kier molecular flexibility index (Phi) is 5.61. The van der Waals surface area contributed by atoms with E-state index in [1.807, 2.05) is 36.5 Å². The first-order valence-electron chi connectivity index (χ1n) is 9.98. The Balaban J connectivity index is 1.49. The van der Waals surface area contributed by atoms with Crippen LogP contribution < -0.4 is 10.3 Å². The fraction of sp³-hybridized carbons (Fsp3) is 0.304. The number of benzene rings is 1. The molecule has 1 saturated heterocycles. The monoisotopic (exact) mass is 404 g/mol. The number of ether oxygens (including phenoxy) is 1. The van der Waals surface area contributed by atoms with Crippen LogP contribution in [0.25, 0.3) is 0 Å². The predicted octanol–water partition coefficient (Wildman–Crippen LogP) is 2.75. The molecule has 4 rings (SSSR count). The van der Waals surface area contributed by atoms with Crippen molar-refractivity contribution in [3.63, 3.8) is 0 Å². The van der Waals surface area contributed by atoms with E-state index in [-0.39, 0.29) is 23.2 Å². The number of aromatic nitrogens is 3. The number of rotatable bonds is 5. The van der Waals surface area contributed by atoms with Crippen LogP contribution in [-0.2, 0) is 13.5 Å². The summed E-state index contributed by atoms with van der Waals surface area (Å²) >= 11 is 0. The van der Waals surface area contributed by atoms with Crippen molar-refractivity contribution < 1.29 is 9.53 Å². The average molecular weight is 404 g/mol. The SMILES string of the molecule is COc1ccc(Cc2ccc(C3CCCN3C(=O)c3ccc(=O)n(C)n3)nc2)cc1. The van der Waals surface area contributed by atoms with E-state index in [0.29, 0.717) is 6.54 Å². The highest BCUT2D eigenvalue weighted by atomic mass is 16.5. The molecule has 1 atom stereocenters. The Morgan fingerprint density at radius 1 is 1.10 bits per heavy atom. The molecule has 0 aliphatic carbocycles. The normalized spacial score (nSPS) is 15.9. The van der Waals surface area contributed by atoms with Crippen LogP contribution in [-0.4, -0.2) is 39.2 Å². The van der Waals surface area contributed by atoms with Gasteiger partial charge in [-0.2, -0.15) is 5.10 Å². The van der Waals surface area contributed by atoms with E-state index in [4.69, 9.17) is 4.74 Å². The van der Waals surface area contributed by atoms with Gasteiger partial charge in [0.2, 0.25) is 0 Å². The first kappa shape index (κ1) is 19.8.